The van der Waals surface area contributed by atoms with Crippen molar-refractivity contribution in [3.8, 4) is 0 Å². The van der Waals surface area contributed by atoms with Crippen LogP contribution in [0.3, 0.4) is 0 Å². The number of likely N-dealkylation sites (tertiary alicyclic amines) is 1. The van der Waals surface area contributed by atoms with Gasteiger partial charge in [-0.3, -0.25) is 14.4 Å². The minimum Gasteiger partial charge on any atom is -0.293 e. The monoisotopic (exact) mass is 329 g/mol. The zero-order valence-corrected chi connectivity index (χ0v) is 14.5. The molecule has 5 heteroatoms. The second-order valence-corrected chi connectivity index (χ2v) is 6.68. The number of benzene rings is 1. The van der Waals surface area contributed by atoms with Gasteiger partial charge in [-0.2, -0.15) is 5.10 Å². The second kappa shape index (κ2) is 6.85. The Kier molecular flexibility index (Phi) is 4.81. The van der Waals surface area contributed by atoms with Crippen molar-refractivity contribution < 1.29 is 9.18 Å². The maximum absolute atomic E-state index is 14.0. The van der Waals surface area contributed by atoms with E-state index in [1.807, 2.05) is 60.8 Å². The van der Waals surface area contributed by atoms with Crippen LogP contribution >= 0.6 is 0 Å². The lowest BCUT2D eigenvalue weighted by Gasteiger charge is -2.23. The van der Waals surface area contributed by atoms with E-state index in [2.05, 4.69) is 5.10 Å². The van der Waals surface area contributed by atoms with Crippen LogP contribution in [0.5, 0.6) is 0 Å². The SMILES string of the molecule is Cc1nn(C)c(C)c1C[C@H]1C[C@@H](F)CN1CC(=O)c1ccccc1. The maximum Gasteiger partial charge on any atom is 0.176 e. The van der Waals surface area contributed by atoms with E-state index in [1.165, 1.54) is 5.56 Å². The first kappa shape index (κ1) is 16.8. The van der Waals surface area contributed by atoms with Crippen LogP contribution in [0.2, 0.25) is 0 Å². The van der Waals surface area contributed by atoms with E-state index in [-0.39, 0.29) is 18.4 Å². The van der Waals surface area contributed by atoms with Crippen LogP contribution in [-0.4, -0.2) is 45.8 Å². The molecule has 2 aromatic rings. The van der Waals surface area contributed by atoms with Crippen molar-refractivity contribution in [2.45, 2.75) is 38.9 Å². The van der Waals surface area contributed by atoms with Crippen molar-refractivity contribution >= 4 is 5.78 Å². The van der Waals surface area contributed by atoms with Crippen molar-refractivity contribution in [3.05, 3.63) is 52.8 Å². The number of hydrogen-bond acceptors (Lipinski definition) is 3. The number of aryl methyl sites for hydroxylation is 2. The molecule has 0 spiro atoms. The van der Waals surface area contributed by atoms with Gasteiger partial charge in [0, 0.05) is 30.9 Å². The molecule has 0 radical (unpaired) electrons. The minimum absolute atomic E-state index is 0.0502. The fourth-order valence-corrected chi connectivity index (χ4v) is 3.58. The molecular formula is C19H24FN3O. The van der Waals surface area contributed by atoms with Crippen LogP contribution in [0.1, 0.15) is 33.7 Å². The van der Waals surface area contributed by atoms with Crippen LogP contribution in [-0.2, 0) is 13.5 Å². The Morgan fingerprint density at radius 1 is 1.29 bits per heavy atom. The van der Waals surface area contributed by atoms with Gasteiger partial charge in [-0.15, -0.1) is 0 Å². The number of halogens is 1. The average molecular weight is 329 g/mol. The highest BCUT2D eigenvalue weighted by Crippen LogP contribution is 2.26. The van der Waals surface area contributed by atoms with Crippen molar-refractivity contribution in [2.24, 2.45) is 7.05 Å². The van der Waals surface area contributed by atoms with Crippen molar-refractivity contribution in [1.29, 1.82) is 0 Å². The molecular weight excluding hydrogens is 305 g/mol. The number of ketones is 1. The molecule has 0 unspecified atom stereocenters. The van der Waals surface area contributed by atoms with E-state index < -0.39 is 6.17 Å². The largest absolute Gasteiger partial charge is 0.293 e. The smallest absolute Gasteiger partial charge is 0.176 e. The molecule has 2 heterocycles. The molecule has 1 aromatic heterocycles. The molecule has 1 aliphatic rings. The Bertz CT molecular complexity index is 726. The quantitative estimate of drug-likeness (QED) is 0.792. The average Bonchev–Trinajstić information content (AvgIpc) is 3.02. The summed E-state index contributed by atoms with van der Waals surface area (Å²) in [5, 5.41) is 4.44. The van der Waals surface area contributed by atoms with Gasteiger partial charge in [0.1, 0.15) is 6.17 Å². The summed E-state index contributed by atoms with van der Waals surface area (Å²) >= 11 is 0. The van der Waals surface area contributed by atoms with E-state index in [0.717, 1.165) is 17.8 Å². The molecule has 2 atom stereocenters. The van der Waals surface area contributed by atoms with Crippen LogP contribution in [0.25, 0.3) is 0 Å². The molecule has 1 fully saturated rings. The van der Waals surface area contributed by atoms with Crippen LogP contribution in [0, 0.1) is 13.8 Å². The van der Waals surface area contributed by atoms with Crippen molar-refractivity contribution in [2.75, 3.05) is 13.1 Å². The van der Waals surface area contributed by atoms with Crippen molar-refractivity contribution in [3.63, 3.8) is 0 Å². The predicted molar refractivity (Wildman–Crippen MR) is 92.0 cm³/mol. The Morgan fingerprint density at radius 3 is 2.62 bits per heavy atom. The molecule has 128 valence electrons. The molecule has 0 amide bonds. The topological polar surface area (TPSA) is 38.1 Å². The zero-order chi connectivity index (χ0) is 17.3. The number of alkyl halides is 1. The molecule has 0 saturated carbocycles. The van der Waals surface area contributed by atoms with Gasteiger partial charge in [-0.05, 0) is 32.3 Å². The first-order chi connectivity index (χ1) is 11.5. The van der Waals surface area contributed by atoms with Gasteiger partial charge in [0.25, 0.3) is 0 Å². The Balaban J connectivity index is 1.73. The molecule has 1 saturated heterocycles. The van der Waals surface area contributed by atoms with Crippen LogP contribution in [0.15, 0.2) is 30.3 Å². The third-order valence-electron chi connectivity index (χ3n) is 5.02. The third-order valence-corrected chi connectivity index (χ3v) is 5.02. The van der Waals surface area contributed by atoms with Crippen LogP contribution in [0.4, 0.5) is 4.39 Å². The number of nitrogens with zero attached hydrogens (tertiary/aromatic N) is 3. The molecule has 0 N–H and O–H groups in total. The summed E-state index contributed by atoms with van der Waals surface area (Å²) in [6.45, 7) is 4.63. The van der Waals surface area contributed by atoms with Gasteiger partial charge >= 0.3 is 0 Å². The first-order valence-corrected chi connectivity index (χ1v) is 8.41. The van der Waals surface area contributed by atoms with Gasteiger partial charge in [0.2, 0.25) is 0 Å². The number of hydrogen-bond donors (Lipinski definition) is 0. The number of aromatic nitrogens is 2. The van der Waals surface area contributed by atoms with Crippen LogP contribution < -0.4 is 0 Å². The summed E-state index contributed by atoms with van der Waals surface area (Å²) in [5.41, 5.74) is 3.97. The Hall–Kier alpha value is -2.01. The molecule has 24 heavy (non-hydrogen) atoms. The highest BCUT2D eigenvalue weighted by molar-refractivity contribution is 5.97. The lowest BCUT2D eigenvalue weighted by atomic mass is 10.0. The Morgan fingerprint density at radius 2 is 2.00 bits per heavy atom. The van der Waals surface area contributed by atoms with E-state index in [0.29, 0.717) is 18.5 Å². The second-order valence-electron chi connectivity index (χ2n) is 6.68. The van der Waals surface area contributed by atoms with E-state index >= 15 is 0 Å². The lowest BCUT2D eigenvalue weighted by Crippen LogP contribution is -2.36. The molecule has 0 aliphatic carbocycles. The van der Waals surface area contributed by atoms with Gasteiger partial charge in [-0.25, -0.2) is 4.39 Å². The third kappa shape index (κ3) is 3.41. The van der Waals surface area contributed by atoms with Crippen molar-refractivity contribution in [1.82, 2.24) is 14.7 Å². The first-order valence-electron chi connectivity index (χ1n) is 8.41. The Labute approximate surface area is 142 Å². The summed E-state index contributed by atoms with van der Waals surface area (Å²) in [4.78, 5) is 14.5. The predicted octanol–water partition coefficient (Wildman–Crippen LogP) is 2.87. The lowest BCUT2D eigenvalue weighted by molar-refractivity contribution is 0.0918. The summed E-state index contributed by atoms with van der Waals surface area (Å²) in [5.74, 6) is 0.0503. The van der Waals surface area contributed by atoms with Gasteiger partial charge in [-0.1, -0.05) is 30.3 Å². The normalized spacial score (nSPS) is 21.3. The fraction of sp³-hybridized carbons (Fsp3) is 0.474. The number of Topliss-reactive ketones (excluding diaryl/α,β-unsaturated/α-hetero) is 1. The van der Waals surface area contributed by atoms with E-state index in [9.17, 15) is 9.18 Å². The molecule has 0 bridgehead atoms. The summed E-state index contributed by atoms with van der Waals surface area (Å²) < 4.78 is 15.9. The summed E-state index contributed by atoms with van der Waals surface area (Å²) in [6.07, 6.45) is 0.361. The number of carbonyl (C=O) groups is 1. The highest BCUT2D eigenvalue weighted by atomic mass is 19.1. The van der Waals surface area contributed by atoms with E-state index in [4.69, 9.17) is 0 Å². The van der Waals surface area contributed by atoms with E-state index in [1.54, 1.807) is 0 Å². The fourth-order valence-electron chi connectivity index (χ4n) is 3.58. The molecule has 1 aromatic carbocycles. The number of rotatable bonds is 5. The number of carbonyl (C=O) groups excluding carboxylic acids is 1. The zero-order valence-electron chi connectivity index (χ0n) is 14.5. The van der Waals surface area contributed by atoms with Gasteiger partial charge < -0.3 is 0 Å². The maximum atomic E-state index is 14.0. The summed E-state index contributed by atoms with van der Waals surface area (Å²) in [7, 11) is 1.93. The minimum atomic E-state index is -0.865. The molecule has 1 aliphatic heterocycles. The van der Waals surface area contributed by atoms with Gasteiger partial charge in [0.15, 0.2) is 5.78 Å². The van der Waals surface area contributed by atoms with Gasteiger partial charge in [0.05, 0.1) is 12.2 Å². The standard InChI is InChI=1S/C19H24FN3O/c1-13-18(14(2)22(3)21-13)10-17-9-16(20)11-23(17)12-19(24)15-7-5-4-6-8-15/h4-8,16-17H,9-12H2,1-3H3/t16-,17-/m1/s1. The highest BCUT2D eigenvalue weighted by Gasteiger charge is 2.34. The summed E-state index contributed by atoms with van der Waals surface area (Å²) in [6, 6.07) is 9.28. The molecule has 4 nitrogen and oxygen atoms in total. The molecule has 3 rings (SSSR count).